The van der Waals surface area contributed by atoms with Gasteiger partial charge in [-0.3, -0.25) is 9.36 Å². The van der Waals surface area contributed by atoms with Crippen LogP contribution in [0.3, 0.4) is 0 Å². The number of nitrogens with zero attached hydrogens (tertiary/aromatic N) is 4. The van der Waals surface area contributed by atoms with E-state index in [2.05, 4.69) is 22.4 Å². The molecule has 1 fully saturated rings. The first-order valence-electron chi connectivity index (χ1n) is 7.18. The minimum Gasteiger partial charge on any atom is -0.333 e. The van der Waals surface area contributed by atoms with Gasteiger partial charge in [0, 0.05) is 6.54 Å². The zero-order valence-corrected chi connectivity index (χ0v) is 11.6. The molecule has 0 radical (unpaired) electrons. The van der Waals surface area contributed by atoms with Crippen LogP contribution in [0.1, 0.15) is 56.8 Å². The van der Waals surface area contributed by atoms with E-state index in [-0.39, 0.29) is 18.0 Å². The van der Waals surface area contributed by atoms with Crippen molar-refractivity contribution in [2.24, 2.45) is 0 Å². The number of hydrogen-bond acceptors (Lipinski definition) is 4. The van der Waals surface area contributed by atoms with Gasteiger partial charge in [-0.25, -0.2) is 0 Å². The number of rotatable bonds is 3. The summed E-state index contributed by atoms with van der Waals surface area (Å²) in [5.74, 6) is 2.04. The van der Waals surface area contributed by atoms with Crippen LogP contribution in [0.5, 0.6) is 0 Å². The van der Waals surface area contributed by atoms with Crippen molar-refractivity contribution < 1.29 is 4.79 Å². The second-order valence-corrected chi connectivity index (χ2v) is 5.43. The van der Waals surface area contributed by atoms with Crippen LogP contribution < -0.4 is 5.32 Å². The van der Waals surface area contributed by atoms with Gasteiger partial charge in [0.25, 0.3) is 0 Å². The summed E-state index contributed by atoms with van der Waals surface area (Å²) in [5.41, 5.74) is 0. The van der Waals surface area contributed by atoms with Gasteiger partial charge in [0.1, 0.15) is 6.04 Å². The number of amides is 1. The first-order valence-corrected chi connectivity index (χ1v) is 7.18. The van der Waals surface area contributed by atoms with Gasteiger partial charge in [0.05, 0.1) is 12.6 Å². The maximum absolute atomic E-state index is 12.4. The van der Waals surface area contributed by atoms with E-state index >= 15 is 0 Å². The first kappa shape index (κ1) is 12.6. The summed E-state index contributed by atoms with van der Waals surface area (Å²) in [6, 6.07) is 0.0805. The van der Waals surface area contributed by atoms with Crippen LogP contribution in [0.25, 0.3) is 0 Å². The molecule has 6 nitrogen and oxygen atoms in total. The molecule has 0 spiro atoms. The van der Waals surface area contributed by atoms with E-state index < -0.39 is 0 Å². The number of carbonyl (C=O) groups is 1. The topological polar surface area (TPSA) is 63.1 Å². The minimum atomic E-state index is -0.178. The number of aromatic nitrogens is 3. The summed E-state index contributed by atoms with van der Waals surface area (Å²) in [6.45, 7) is 6.46. The van der Waals surface area contributed by atoms with Crippen molar-refractivity contribution in [2.75, 3.05) is 13.1 Å². The third-order valence-corrected chi connectivity index (χ3v) is 4.05. The Kier molecular flexibility index (Phi) is 3.26. The van der Waals surface area contributed by atoms with Gasteiger partial charge in [-0.15, -0.1) is 10.2 Å². The Bertz CT molecular complexity index is 477. The zero-order chi connectivity index (χ0) is 13.4. The molecule has 0 saturated carbocycles. The van der Waals surface area contributed by atoms with E-state index in [4.69, 9.17) is 0 Å². The third kappa shape index (κ3) is 2.04. The maximum atomic E-state index is 12.4. The highest BCUT2D eigenvalue weighted by molar-refractivity contribution is 5.81. The SMILES string of the molecule is CCCN1Cc2nnc([C@@H]3CCCN3)n2[C@H](C)C1=O. The van der Waals surface area contributed by atoms with E-state index in [1.807, 2.05) is 16.4 Å². The number of carbonyl (C=O) groups excluding carboxylic acids is 1. The molecular formula is C13H21N5O. The standard InChI is InChI=1S/C13H21N5O/c1-3-7-17-8-11-15-16-12(10-5-4-6-14-10)18(11)9(2)13(17)19/h9-10,14H,3-8H2,1-2H3/t9-,10+/m1/s1. The molecule has 6 heteroatoms. The number of fused-ring (bicyclic) bond motifs is 1. The van der Waals surface area contributed by atoms with Crippen molar-refractivity contribution in [3.63, 3.8) is 0 Å². The van der Waals surface area contributed by atoms with Gasteiger partial charge in [0.15, 0.2) is 11.6 Å². The molecule has 104 valence electrons. The normalized spacial score (nSPS) is 26.8. The predicted molar refractivity (Wildman–Crippen MR) is 70.4 cm³/mol. The molecular weight excluding hydrogens is 242 g/mol. The molecule has 1 aromatic rings. The quantitative estimate of drug-likeness (QED) is 0.884. The van der Waals surface area contributed by atoms with Gasteiger partial charge in [-0.1, -0.05) is 6.92 Å². The largest absolute Gasteiger partial charge is 0.333 e. The molecule has 0 aliphatic carbocycles. The first-order chi connectivity index (χ1) is 9.22. The van der Waals surface area contributed by atoms with Gasteiger partial charge < -0.3 is 10.2 Å². The zero-order valence-electron chi connectivity index (χ0n) is 11.6. The summed E-state index contributed by atoms with van der Waals surface area (Å²) in [4.78, 5) is 14.3. The lowest BCUT2D eigenvalue weighted by molar-refractivity contribution is -0.137. The molecule has 1 aromatic heterocycles. The van der Waals surface area contributed by atoms with Crippen LogP contribution in [-0.4, -0.2) is 38.7 Å². The Morgan fingerprint density at radius 3 is 2.95 bits per heavy atom. The third-order valence-electron chi connectivity index (χ3n) is 4.05. The average Bonchev–Trinajstić information content (AvgIpc) is 3.03. The van der Waals surface area contributed by atoms with Crippen LogP contribution in [0.15, 0.2) is 0 Å². The maximum Gasteiger partial charge on any atom is 0.245 e. The molecule has 3 heterocycles. The lowest BCUT2D eigenvalue weighted by atomic mass is 10.1. The molecule has 0 bridgehead atoms. The molecule has 3 rings (SSSR count). The summed E-state index contributed by atoms with van der Waals surface area (Å²) in [5, 5.41) is 12.1. The fraction of sp³-hybridized carbons (Fsp3) is 0.769. The Hall–Kier alpha value is -1.43. The highest BCUT2D eigenvalue weighted by Gasteiger charge is 2.35. The van der Waals surface area contributed by atoms with Crippen molar-refractivity contribution in [3.05, 3.63) is 11.6 Å². The molecule has 0 aromatic carbocycles. The van der Waals surface area contributed by atoms with Crippen LogP contribution in [0, 0.1) is 0 Å². The Labute approximate surface area is 113 Å². The Balaban J connectivity index is 1.92. The van der Waals surface area contributed by atoms with Crippen LogP contribution in [0.2, 0.25) is 0 Å². The van der Waals surface area contributed by atoms with Gasteiger partial charge in [0.2, 0.25) is 5.91 Å². The molecule has 0 unspecified atom stereocenters. The van der Waals surface area contributed by atoms with Crippen LogP contribution >= 0.6 is 0 Å². The summed E-state index contributed by atoms with van der Waals surface area (Å²) < 4.78 is 2.04. The van der Waals surface area contributed by atoms with Crippen LogP contribution in [-0.2, 0) is 11.3 Å². The van der Waals surface area contributed by atoms with Crippen molar-refractivity contribution in [2.45, 2.75) is 51.7 Å². The number of nitrogens with one attached hydrogen (secondary N) is 1. The van der Waals surface area contributed by atoms with Crippen molar-refractivity contribution in [1.82, 2.24) is 25.0 Å². The smallest absolute Gasteiger partial charge is 0.245 e. The lowest BCUT2D eigenvalue weighted by Gasteiger charge is -2.32. The second kappa shape index (κ2) is 4.92. The average molecular weight is 263 g/mol. The van der Waals surface area contributed by atoms with E-state index in [0.717, 1.165) is 44.0 Å². The summed E-state index contributed by atoms with van der Waals surface area (Å²) in [6.07, 6.45) is 3.22. The number of hydrogen-bond donors (Lipinski definition) is 1. The van der Waals surface area contributed by atoms with Crippen molar-refractivity contribution in [3.8, 4) is 0 Å². The summed E-state index contributed by atoms with van der Waals surface area (Å²) >= 11 is 0. The van der Waals surface area contributed by atoms with Crippen LogP contribution in [0.4, 0.5) is 0 Å². The molecule has 1 saturated heterocycles. The molecule has 2 aliphatic rings. The van der Waals surface area contributed by atoms with Crippen molar-refractivity contribution >= 4 is 5.91 Å². The molecule has 2 atom stereocenters. The Morgan fingerprint density at radius 2 is 2.26 bits per heavy atom. The van der Waals surface area contributed by atoms with E-state index in [1.54, 1.807) is 0 Å². The lowest BCUT2D eigenvalue weighted by Crippen LogP contribution is -2.42. The fourth-order valence-electron chi connectivity index (χ4n) is 3.09. The predicted octanol–water partition coefficient (Wildman–Crippen LogP) is 1.02. The van der Waals surface area contributed by atoms with E-state index in [1.165, 1.54) is 0 Å². The molecule has 2 aliphatic heterocycles. The van der Waals surface area contributed by atoms with Crippen molar-refractivity contribution in [1.29, 1.82) is 0 Å². The molecule has 1 amide bonds. The minimum absolute atomic E-state index is 0.178. The van der Waals surface area contributed by atoms with Gasteiger partial charge in [-0.05, 0) is 32.7 Å². The van der Waals surface area contributed by atoms with E-state index in [0.29, 0.717) is 6.54 Å². The van der Waals surface area contributed by atoms with Gasteiger partial charge >= 0.3 is 0 Å². The highest BCUT2D eigenvalue weighted by atomic mass is 16.2. The monoisotopic (exact) mass is 263 g/mol. The van der Waals surface area contributed by atoms with E-state index in [9.17, 15) is 4.79 Å². The van der Waals surface area contributed by atoms with Gasteiger partial charge in [-0.2, -0.15) is 0 Å². The molecule has 19 heavy (non-hydrogen) atoms. The highest BCUT2D eigenvalue weighted by Crippen LogP contribution is 2.29. The second-order valence-electron chi connectivity index (χ2n) is 5.43. The fourth-order valence-corrected chi connectivity index (χ4v) is 3.09. The summed E-state index contributed by atoms with van der Waals surface area (Å²) in [7, 11) is 0. The Morgan fingerprint density at radius 1 is 1.42 bits per heavy atom. The molecule has 1 N–H and O–H groups in total.